The van der Waals surface area contributed by atoms with Crippen LogP contribution in [0.1, 0.15) is 66.2 Å². The fourth-order valence-corrected chi connectivity index (χ4v) is 96.4. The average molecular weight is 495 g/mol. The van der Waals surface area contributed by atoms with E-state index in [1.54, 1.807) is 49.1 Å². The van der Waals surface area contributed by atoms with Crippen LogP contribution in [0.4, 0.5) is 0 Å². The maximum Gasteiger partial charge on any atom is 0.165 e. The minimum Gasteiger partial charge on any atom is -0.195 e. The Morgan fingerprint density at radius 1 is 0.667 bits per heavy atom. The van der Waals surface area contributed by atoms with Gasteiger partial charge in [0.15, 0.2) is 12.7 Å². The molecule has 0 aromatic carbocycles. The largest absolute Gasteiger partial charge is 0.195 e. The average Bonchev–Trinajstić information content (AvgIpc) is 2.65. The van der Waals surface area contributed by atoms with E-state index < -0.39 is 27.2 Å². The van der Waals surface area contributed by atoms with Crippen molar-refractivity contribution in [1.82, 2.24) is 0 Å². The fraction of sp³-hybridized carbons (Fsp3) is 1.00. The smallest absolute Gasteiger partial charge is 0.165 e. The highest BCUT2D eigenvalue weighted by molar-refractivity contribution is 8.85. The summed E-state index contributed by atoms with van der Waals surface area (Å²) in [6, 6.07) is 12.9. The Kier molecular flexibility index (Phi) is 10.2. The van der Waals surface area contributed by atoms with Crippen molar-refractivity contribution in [2.45, 2.75) is 128 Å². The highest BCUT2D eigenvalue weighted by Crippen LogP contribution is 2.61. The van der Waals surface area contributed by atoms with Gasteiger partial charge in [0.25, 0.3) is 0 Å². The second kappa shape index (κ2) is 11.0. The van der Waals surface area contributed by atoms with Crippen LogP contribution in [-0.2, 0) is 0 Å². The molecule has 2 aliphatic heterocycles. The van der Waals surface area contributed by atoms with Gasteiger partial charge in [0.1, 0.15) is 14.4 Å². The van der Waals surface area contributed by atoms with Gasteiger partial charge < -0.3 is 0 Å². The van der Waals surface area contributed by atoms with Crippen molar-refractivity contribution in [2.75, 3.05) is 0 Å². The van der Waals surface area contributed by atoms with Gasteiger partial charge in [0.05, 0.1) is 0 Å². The number of rotatable bonds is 10. The molecule has 0 N–H and O–H groups in total. The summed E-state index contributed by atoms with van der Waals surface area (Å²) >= 11 is 0. The first-order valence-electron chi connectivity index (χ1n) is 11.9. The molecule has 2 fully saturated rings. The zero-order chi connectivity index (χ0) is 20.0. The van der Waals surface area contributed by atoms with Crippen molar-refractivity contribution in [1.29, 1.82) is 0 Å². The van der Waals surface area contributed by atoms with Gasteiger partial charge in [0, 0.05) is 0 Å². The Balaban J connectivity index is 2.29. The Morgan fingerprint density at radius 2 is 1.07 bits per heavy atom. The van der Waals surface area contributed by atoms with Gasteiger partial charge in [-0.05, 0) is 36.3 Å². The molecule has 0 bridgehead atoms. The van der Waals surface area contributed by atoms with Crippen LogP contribution in [0.2, 0.25) is 61.4 Å². The molecule has 4 unspecified atom stereocenters. The topological polar surface area (TPSA) is 0 Å². The number of hydrogen-bond donors (Lipinski definition) is 0. The van der Waals surface area contributed by atoms with Crippen molar-refractivity contribution < 1.29 is 0 Å². The van der Waals surface area contributed by atoms with Crippen LogP contribution in [-0.4, -0.2) is 27.2 Å². The third-order valence-corrected chi connectivity index (χ3v) is 66.4. The zero-order valence-corrected chi connectivity index (χ0v) is 25.6. The monoisotopic (exact) mass is 494 g/mol. The van der Waals surface area contributed by atoms with Crippen LogP contribution in [0.15, 0.2) is 0 Å². The number of hydrogen-bond acceptors (Lipinski definition) is 3. The Morgan fingerprint density at radius 3 is 1.41 bits per heavy atom. The van der Waals surface area contributed by atoms with E-state index in [0.29, 0.717) is 0 Å². The lowest BCUT2D eigenvalue weighted by molar-refractivity contribution is 0.866. The Hall–Kier alpha value is 1.92. The van der Waals surface area contributed by atoms with Gasteiger partial charge in [-0.1, -0.05) is 91.4 Å². The molecule has 0 nitrogen and oxygen atoms in total. The van der Waals surface area contributed by atoms with Gasteiger partial charge in [-0.25, -0.2) is 0 Å². The van der Waals surface area contributed by atoms with E-state index in [0.717, 1.165) is 0 Å². The molecule has 2 aliphatic rings. The van der Waals surface area contributed by atoms with Gasteiger partial charge in [-0.2, -0.15) is 32.0 Å². The van der Waals surface area contributed by atoms with Crippen LogP contribution in [0, 0.1) is 0 Å². The van der Waals surface area contributed by atoms with E-state index in [9.17, 15) is 0 Å². The molecule has 2 heterocycles. The van der Waals surface area contributed by atoms with Crippen molar-refractivity contribution in [3.63, 3.8) is 0 Å². The summed E-state index contributed by atoms with van der Waals surface area (Å²) < 4.78 is 0. The quantitative estimate of drug-likeness (QED) is 0.277. The molecule has 0 aliphatic carbocycles. The Bertz CT molecular complexity index is 429. The SMILES string of the molecule is CCCC[Si]1(S[Si]2(CCCC)CCC[Si](C)(CC)S2)CCC[Si](C)(CC)S1. The minimum absolute atomic E-state index is 1.01. The second-order valence-electron chi connectivity index (χ2n) is 9.65. The predicted molar refractivity (Wildman–Crippen MR) is 146 cm³/mol. The van der Waals surface area contributed by atoms with Crippen molar-refractivity contribution >= 4 is 59.2 Å². The molecule has 4 atom stereocenters. The van der Waals surface area contributed by atoms with Gasteiger partial charge in [-0.15, -0.1) is 0 Å². The first-order chi connectivity index (χ1) is 12.8. The highest BCUT2D eigenvalue weighted by Gasteiger charge is 2.53. The van der Waals surface area contributed by atoms with Crippen molar-refractivity contribution in [3.05, 3.63) is 0 Å². The minimum atomic E-state index is -1.19. The summed E-state index contributed by atoms with van der Waals surface area (Å²) in [5, 5.41) is 0. The van der Waals surface area contributed by atoms with Gasteiger partial charge >= 0.3 is 0 Å². The van der Waals surface area contributed by atoms with Gasteiger partial charge in [-0.3, -0.25) is 0 Å². The van der Waals surface area contributed by atoms with Crippen molar-refractivity contribution in [2.24, 2.45) is 0 Å². The lowest BCUT2D eigenvalue weighted by Crippen LogP contribution is -2.49. The van der Waals surface area contributed by atoms with Gasteiger partial charge in [0.2, 0.25) is 0 Å². The molecule has 0 aromatic rings. The predicted octanol–water partition coefficient (Wildman–Crippen LogP) is 9.67. The first kappa shape index (κ1) is 25.2. The van der Waals surface area contributed by atoms with E-state index in [1.807, 2.05) is 0 Å². The van der Waals surface area contributed by atoms with Crippen LogP contribution >= 0.6 is 32.0 Å². The summed E-state index contributed by atoms with van der Waals surface area (Å²) in [5.41, 5.74) is 0. The molecule has 2 rings (SSSR count). The number of unbranched alkanes of at least 4 members (excludes halogenated alkanes) is 2. The molecule has 2 saturated heterocycles. The Labute approximate surface area is 185 Å². The maximum atomic E-state index is 2.82. The zero-order valence-electron chi connectivity index (χ0n) is 19.1. The molecule has 0 spiro atoms. The molecule has 27 heavy (non-hydrogen) atoms. The third kappa shape index (κ3) is 6.96. The molecule has 0 aromatic heterocycles. The lowest BCUT2D eigenvalue weighted by Gasteiger charge is -2.51. The molecule has 7 heteroatoms. The maximum absolute atomic E-state index is 2.82. The van der Waals surface area contributed by atoms with Crippen LogP contribution < -0.4 is 0 Å². The molecule has 0 amide bonds. The first-order valence-corrected chi connectivity index (χ1v) is 29.3. The van der Waals surface area contributed by atoms with Crippen LogP contribution in [0.3, 0.4) is 0 Å². The van der Waals surface area contributed by atoms with E-state index in [4.69, 9.17) is 0 Å². The highest BCUT2D eigenvalue weighted by atomic mass is 32.8. The molecular formula is C20H46S3Si4. The van der Waals surface area contributed by atoms with E-state index in [1.165, 1.54) is 37.8 Å². The summed E-state index contributed by atoms with van der Waals surface area (Å²) in [5.74, 6) is 0. The van der Waals surface area contributed by atoms with Crippen molar-refractivity contribution in [3.8, 4) is 0 Å². The molecular weight excluding hydrogens is 449 g/mol. The normalized spacial score (nSPS) is 40.2. The second-order valence-corrected chi connectivity index (χ2v) is 48.3. The summed E-state index contributed by atoms with van der Waals surface area (Å²) in [7, 11) is 6.28. The van der Waals surface area contributed by atoms with Crippen LogP contribution in [0.25, 0.3) is 0 Å². The van der Waals surface area contributed by atoms with E-state index in [2.05, 4.69) is 72.8 Å². The summed E-state index contributed by atoms with van der Waals surface area (Å²) in [4.78, 5) is 0. The molecule has 160 valence electrons. The third-order valence-electron chi connectivity index (χ3n) is 7.08. The summed E-state index contributed by atoms with van der Waals surface area (Å²) in [6.45, 7) is 15.4. The molecule has 0 radical (unpaired) electrons. The van der Waals surface area contributed by atoms with E-state index >= 15 is 0 Å². The lowest BCUT2D eigenvalue weighted by atomic mass is 10.4. The molecule has 0 saturated carbocycles. The van der Waals surface area contributed by atoms with E-state index in [-0.39, 0.29) is 0 Å². The van der Waals surface area contributed by atoms with Crippen LogP contribution in [0.5, 0.6) is 0 Å². The fourth-order valence-electron chi connectivity index (χ4n) is 4.89. The standard InChI is InChI=1S/C20H46S3Si4/c1-7-11-17-26(19-13-15-24(5,9-3)21-26)23-27(18-12-8-2)20-14-16-25(6,10-4)22-27/h7-20H2,1-6H3. The summed E-state index contributed by atoms with van der Waals surface area (Å²) in [6.07, 6.45) is 6.69.